The Morgan fingerprint density at radius 1 is 1.12 bits per heavy atom. The number of aliphatic hydroxyl groups is 1. The molecule has 0 aromatic heterocycles. The Morgan fingerprint density at radius 2 is 1.71 bits per heavy atom. The first kappa shape index (κ1) is 14.5. The number of amides is 1. The van der Waals surface area contributed by atoms with Crippen LogP contribution in [-0.4, -0.2) is 35.6 Å². The van der Waals surface area contributed by atoms with Crippen molar-refractivity contribution in [1.82, 2.24) is 4.90 Å². The molecule has 100 valence electrons. The van der Waals surface area contributed by atoms with E-state index in [2.05, 4.69) is 6.92 Å². The molecule has 3 nitrogen and oxygen atoms in total. The van der Waals surface area contributed by atoms with Crippen LogP contribution >= 0.6 is 0 Å². The number of carbonyl (C=O) groups excluding carboxylic acids is 1. The van der Waals surface area contributed by atoms with Gasteiger partial charge in [0.25, 0.3) is 0 Å². The van der Waals surface area contributed by atoms with E-state index in [4.69, 9.17) is 5.11 Å². The summed E-state index contributed by atoms with van der Waals surface area (Å²) in [5, 5.41) is 9.02. The number of hydrogen-bond donors (Lipinski definition) is 1. The Kier molecular flexibility index (Phi) is 7.25. The second kappa shape index (κ2) is 8.51. The molecule has 0 atom stereocenters. The van der Waals surface area contributed by atoms with E-state index in [-0.39, 0.29) is 18.4 Å². The highest BCUT2D eigenvalue weighted by Crippen LogP contribution is 2.24. The fraction of sp³-hybridized carbons (Fsp3) is 0.929. The minimum Gasteiger partial charge on any atom is -0.395 e. The molecule has 0 radical (unpaired) electrons. The summed E-state index contributed by atoms with van der Waals surface area (Å²) in [4.78, 5) is 14.2. The fourth-order valence-electron chi connectivity index (χ4n) is 2.68. The first-order valence-corrected chi connectivity index (χ1v) is 7.19. The van der Waals surface area contributed by atoms with Crippen LogP contribution in [0.2, 0.25) is 0 Å². The third kappa shape index (κ3) is 5.07. The lowest BCUT2D eigenvalue weighted by Gasteiger charge is -2.27. The van der Waals surface area contributed by atoms with E-state index in [0.29, 0.717) is 6.54 Å². The summed E-state index contributed by atoms with van der Waals surface area (Å²) in [6, 6.07) is 0. The molecule has 0 bridgehead atoms. The van der Waals surface area contributed by atoms with Crippen LogP contribution in [0.5, 0.6) is 0 Å². The molecule has 0 saturated heterocycles. The summed E-state index contributed by atoms with van der Waals surface area (Å²) in [7, 11) is 0. The van der Waals surface area contributed by atoms with Gasteiger partial charge in [0, 0.05) is 19.0 Å². The zero-order valence-corrected chi connectivity index (χ0v) is 11.2. The van der Waals surface area contributed by atoms with Crippen molar-refractivity contribution in [2.45, 2.75) is 58.3 Å². The van der Waals surface area contributed by atoms with E-state index in [1.54, 1.807) is 0 Å². The molecule has 1 amide bonds. The van der Waals surface area contributed by atoms with Gasteiger partial charge in [0.05, 0.1) is 6.61 Å². The summed E-state index contributed by atoms with van der Waals surface area (Å²) in [5.41, 5.74) is 0. The second-order valence-corrected chi connectivity index (χ2v) is 5.09. The number of aliphatic hydroxyl groups excluding tert-OH is 1. The monoisotopic (exact) mass is 241 g/mol. The van der Waals surface area contributed by atoms with E-state index in [1.165, 1.54) is 32.1 Å². The van der Waals surface area contributed by atoms with Crippen LogP contribution in [0.3, 0.4) is 0 Å². The molecule has 1 saturated carbocycles. The molecule has 0 spiro atoms. The maximum Gasteiger partial charge on any atom is 0.225 e. The number of hydrogen-bond acceptors (Lipinski definition) is 2. The van der Waals surface area contributed by atoms with E-state index in [0.717, 1.165) is 25.8 Å². The molecule has 1 aliphatic carbocycles. The lowest BCUT2D eigenvalue weighted by molar-refractivity contribution is -0.136. The summed E-state index contributed by atoms with van der Waals surface area (Å²) in [6.45, 7) is 3.45. The Bertz CT molecular complexity index is 204. The van der Waals surface area contributed by atoms with Gasteiger partial charge in [0.2, 0.25) is 5.91 Å². The van der Waals surface area contributed by atoms with Crippen LogP contribution in [0.1, 0.15) is 58.3 Å². The van der Waals surface area contributed by atoms with Gasteiger partial charge < -0.3 is 10.0 Å². The average molecular weight is 241 g/mol. The molecule has 0 unspecified atom stereocenters. The zero-order valence-electron chi connectivity index (χ0n) is 11.2. The lowest BCUT2D eigenvalue weighted by Crippen LogP contribution is -2.38. The normalized spacial score (nSPS) is 18.5. The van der Waals surface area contributed by atoms with Gasteiger partial charge in [-0.2, -0.15) is 0 Å². The third-order valence-corrected chi connectivity index (χ3v) is 3.63. The van der Waals surface area contributed by atoms with E-state index in [1.807, 2.05) is 4.90 Å². The topological polar surface area (TPSA) is 40.5 Å². The van der Waals surface area contributed by atoms with Crippen molar-refractivity contribution in [2.75, 3.05) is 19.7 Å². The van der Waals surface area contributed by atoms with Gasteiger partial charge in [-0.05, 0) is 19.3 Å². The van der Waals surface area contributed by atoms with Crippen LogP contribution in [-0.2, 0) is 4.79 Å². The van der Waals surface area contributed by atoms with Crippen LogP contribution in [0.4, 0.5) is 0 Å². The van der Waals surface area contributed by atoms with Gasteiger partial charge in [-0.25, -0.2) is 0 Å². The van der Waals surface area contributed by atoms with Gasteiger partial charge in [-0.3, -0.25) is 4.79 Å². The predicted molar refractivity (Wildman–Crippen MR) is 69.8 cm³/mol. The maximum absolute atomic E-state index is 12.4. The molecular weight excluding hydrogens is 214 g/mol. The quantitative estimate of drug-likeness (QED) is 0.803. The van der Waals surface area contributed by atoms with E-state index >= 15 is 0 Å². The summed E-state index contributed by atoms with van der Waals surface area (Å²) < 4.78 is 0. The molecule has 0 aromatic rings. The molecule has 1 fully saturated rings. The van der Waals surface area contributed by atoms with Crippen molar-refractivity contribution in [2.24, 2.45) is 5.92 Å². The maximum atomic E-state index is 12.4. The smallest absolute Gasteiger partial charge is 0.225 e. The van der Waals surface area contributed by atoms with Crippen molar-refractivity contribution in [3.63, 3.8) is 0 Å². The number of nitrogens with zero attached hydrogens (tertiary/aromatic N) is 1. The summed E-state index contributed by atoms with van der Waals surface area (Å²) in [6.07, 6.45) is 9.32. The SMILES string of the molecule is CCCN(CCO)C(=O)C1CCCCCCC1. The Balaban J connectivity index is 2.50. The molecule has 17 heavy (non-hydrogen) atoms. The predicted octanol–water partition coefficient (Wildman–Crippen LogP) is 2.58. The third-order valence-electron chi connectivity index (χ3n) is 3.63. The van der Waals surface area contributed by atoms with Crippen LogP contribution in [0.15, 0.2) is 0 Å². The van der Waals surface area contributed by atoms with E-state index in [9.17, 15) is 4.79 Å². The Labute approximate surface area is 105 Å². The van der Waals surface area contributed by atoms with Crippen LogP contribution in [0, 0.1) is 5.92 Å². The van der Waals surface area contributed by atoms with Gasteiger partial charge in [-0.1, -0.05) is 39.0 Å². The van der Waals surface area contributed by atoms with Crippen molar-refractivity contribution < 1.29 is 9.90 Å². The number of rotatable bonds is 5. The molecule has 0 heterocycles. The highest BCUT2D eigenvalue weighted by atomic mass is 16.3. The molecule has 0 aromatic carbocycles. The molecule has 1 rings (SSSR count). The van der Waals surface area contributed by atoms with Crippen LogP contribution in [0.25, 0.3) is 0 Å². The second-order valence-electron chi connectivity index (χ2n) is 5.09. The highest BCUT2D eigenvalue weighted by molar-refractivity contribution is 5.78. The Hall–Kier alpha value is -0.570. The number of carbonyl (C=O) groups is 1. The highest BCUT2D eigenvalue weighted by Gasteiger charge is 2.23. The molecule has 1 aliphatic rings. The van der Waals surface area contributed by atoms with Crippen molar-refractivity contribution >= 4 is 5.91 Å². The van der Waals surface area contributed by atoms with Gasteiger partial charge >= 0.3 is 0 Å². The van der Waals surface area contributed by atoms with Gasteiger partial charge in [0.1, 0.15) is 0 Å². The standard InChI is InChI=1S/C14H27NO2/c1-2-10-15(11-12-16)14(17)13-8-6-4-3-5-7-9-13/h13,16H,2-12H2,1H3. The molecule has 0 aliphatic heterocycles. The summed E-state index contributed by atoms with van der Waals surface area (Å²) in [5.74, 6) is 0.496. The first-order chi connectivity index (χ1) is 8.29. The summed E-state index contributed by atoms with van der Waals surface area (Å²) >= 11 is 0. The molecular formula is C14H27NO2. The van der Waals surface area contributed by atoms with Crippen LogP contribution < -0.4 is 0 Å². The van der Waals surface area contributed by atoms with E-state index < -0.39 is 0 Å². The lowest BCUT2D eigenvalue weighted by atomic mass is 9.90. The zero-order chi connectivity index (χ0) is 12.5. The largest absolute Gasteiger partial charge is 0.395 e. The average Bonchev–Trinajstić information content (AvgIpc) is 2.27. The molecule has 3 heteroatoms. The van der Waals surface area contributed by atoms with Crippen molar-refractivity contribution in [3.8, 4) is 0 Å². The first-order valence-electron chi connectivity index (χ1n) is 7.19. The van der Waals surface area contributed by atoms with Gasteiger partial charge in [-0.15, -0.1) is 0 Å². The fourth-order valence-corrected chi connectivity index (χ4v) is 2.68. The molecule has 1 N–H and O–H groups in total. The van der Waals surface area contributed by atoms with Crippen molar-refractivity contribution in [1.29, 1.82) is 0 Å². The minimum atomic E-state index is 0.0818. The Morgan fingerprint density at radius 3 is 2.24 bits per heavy atom. The minimum absolute atomic E-state index is 0.0818. The van der Waals surface area contributed by atoms with Crippen molar-refractivity contribution in [3.05, 3.63) is 0 Å². The van der Waals surface area contributed by atoms with Gasteiger partial charge in [0.15, 0.2) is 0 Å².